The monoisotopic (exact) mass is 330 g/mol. The van der Waals surface area contributed by atoms with E-state index in [-0.39, 0.29) is 18.8 Å². The molecule has 5 nitrogen and oxygen atoms in total. The van der Waals surface area contributed by atoms with Gasteiger partial charge in [-0.3, -0.25) is 0 Å². The molecule has 24 heavy (non-hydrogen) atoms. The summed E-state index contributed by atoms with van der Waals surface area (Å²) in [6, 6.07) is 13.8. The van der Waals surface area contributed by atoms with Crippen LogP contribution >= 0.6 is 0 Å². The van der Waals surface area contributed by atoms with Crippen LogP contribution in [-0.4, -0.2) is 29.7 Å². The molecule has 126 valence electrons. The van der Waals surface area contributed by atoms with Crippen molar-refractivity contribution in [2.24, 2.45) is 0 Å². The molecule has 0 saturated carbocycles. The van der Waals surface area contributed by atoms with Crippen LogP contribution in [0.25, 0.3) is 0 Å². The molecule has 0 bridgehead atoms. The highest BCUT2D eigenvalue weighted by atomic mass is 19.1. The number of aliphatic carboxylic acids is 1. The van der Waals surface area contributed by atoms with Gasteiger partial charge in [-0.1, -0.05) is 48.5 Å². The zero-order chi connectivity index (χ0) is 17.4. The van der Waals surface area contributed by atoms with Crippen LogP contribution in [0.4, 0.5) is 9.18 Å². The summed E-state index contributed by atoms with van der Waals surface area (Å²) >= 11 is 0. The summed E-state index contributed by atoms with van der Waals surface area (Å²) in [5, 5.41) is 14.2. The average Bonchev–Trinajstić information content (AvgIpc) is 2.57. The van der Waals surface area contributed by atoms with Gasteiger partial charge in [-0.05, 0) is 23.6 Å². The van der Waals surface area contributed by atoms with Crippen LogP contribution in [-0.2, 0) is 17.6 Å². The Balaban J connectivity index is 1.82. The lowest BCUT2D eigenvalue weighted by Gasteiger charge is -2.15. The molecule has 2 aromatic carbocycles. The molecule has 0 spiro atoms. The average molecular weight is 330 g/mol. The van der Waals surface area contributed by atoms with Crippen molar-refractivity contribution in [1.29, 1.82) is 0 Å². The van der Waals surface area contributed by atoms with Crippen molar-refractivity contribution < 1.29 is 19.1 Å². The van der Waals surface area contributed by atoms with Crippen molar-refractivity contribution in [3.05, 3.63) is 71.5 Å². The van der Waals surface area contributed by atoms with Gasteiger partial charge in [-0.2, -0.15) is 0 Å². The van der Waals surface area contributed by atoms with Gasteiger partial charge in [0.1, 0.15) is 11.9 Å². The zero-order valence-electron chi connectivity index (χ0n) is 13.0. The maximum absolute atomic E-state index is 13.5. The molecule has 2 amide bonds. The Bertz CT molecular complexity index is 692. The minimum atomic E-state index is -1.11. The second-order valence-electron chi connectivity index (χ2n) is 5.32. The van der Waals surface area contributed by atoms with E-state index in [2.05, 4.69) is 10.6 Å². The second-order valence-corrected chi connectivity index (χ2v) is 5.32. The molecule has 0 aliphatic carbocycles. The van der Waals surface area contributed by atoms with E-state index in [1.807, 2.05) is 18.2 Å². The van der Waals surface area contributed by atoms with Crippen molar-refractivity contribution in [3.8, 4) is 0 Å². The van der Waals surface area contributed by atoms with Crippen molar-refractivity contribution in [2.75, 3.05) is 6.54 Å². The van der Waals surface area contributed by atoms with Gasteiger partial charge in [0.25, 0.3) is 0 Å². The molecule has 2 rings (SSSR count). The first-order valence-electron chi connectivity index (χ1n) is 7.61. The third-order valence-electron chi connectivity index (χ3n) is 3.52. The summed E-state index contributed by atoms with van der Waals surface area (Å²) in [6.07, 6.45) is 0.521. The Morgan fingerprint density at radius 1 is 1.04 bits per heavy atom. The Morgan fingerprint density at radius 3 is 2.38 bits per heavy atom. The smallest absolute Gasteiger partial charge is 0.326 e. The minimum absolute atomic E-state index is 0.191. The Labute approximate surface area is 139 Å². The van der Waals surface area contributed by atoms with E-state index in [1.165, 1.54) is 6.07 Å². The quantitative estimate of drug-likeness (QED) is 0.729. The van der Waals surface area contributed by atoms with Gasteiger partial charge in [0.15, 0.2) is 0 Å². The van der Waals surface area contributed by atoms with Crippen LogP contribution in [0.5, 0.6) is 0 Å². The molecule has 0 heterocycles. The normalized spacial score (nSPS) is 11.5. The molecular weight excluding hydrogens is 311 g/mol. The van der Waals surface area contributed by atoms with E-state index in [0.29, 0.717) is 12.0 Å². The largest absolute Gasteiger partial charge is 0.480 e. The highest BCUT2D eigenvalue weighted by molar-refractivity contribution is 5.82. The third kappa shape index (κ3) is 5.39. The number of rotatable bonds is 7. The summed E-state index contributed by atoms with van der Waals surface area (Å²) in [5.74, 6) is -1.43. The van der Waals surface area contributed by atoms with Gasteiger partial charge in [-0.15, -0.1) is 0 Å². The molecule has 0 saturated heterocycles. The second kappa shape index (κ2) is 8.67. The maximum Gasteiger partial charge on any atom is 0.326 e. The number of urea groups is 1. The first-order valence-corrected chi connectivity index (χ1v) is 7.61. The van der Waals surface area contributed by atoms with E-state index in [4.69, 9.17) is 0 Å². The number of amides is 2. The van der Waals surface area contributed by atoms with Gasteiger partial charge in [-0.25, -0.2) is 14.0 Å². The first-order chi connectivity index (χ1) is 11.6. The predicted octanol–water partition coefficient (Wildman–Crippen LogP) is 2.36. The van der Waals surface area contributed by atoms with E-state index in [0.717, 1.165) is 5.56 Å². The van der Waals surface area contributed by atoms with E-state index in [1.54, 1.807) is 30.3 Å². The Hall–Kier alpha value is -2.89. The van der Waals surface area contributed by atoms with Crippen LogP contribution in [0.15, 0.2) is 54.6 Å². The molecule has 1 unspecified atom stereocenters. The number of carboxylic acids is 1. The van der Waals surface area contributed by atoms with Crippen molar-refractivity contribution in [1.82, 2.24) is 10.6 Å². The number of hydrogen-bond donors (Lipinski definition) is 3. The number of carbonyl (C=O) groups excluding carboxylic acids is 1. The van der Waals surface area contributed by atoms with E-state index >= 15 is 0 Å². The lowest BCUT2D eigenvalue weighted by molar-refractivity contribution is -0.139. The minimum Gasteiger partial charge on any atom is -0.480 e. The molecule has 1 atom stereocenters. The molecular formula is C18H19FN2O3. The van der Waals surface area contributed by atoms with Crippen molar-refractivity contribution in [3.63, 3.8) is 0 Å². The summed E-state index contributed by atoms with van der Waals surface area (Å²) in [5.41, 5.74) is 1.31. The number of carboxylic acid groups (broad SMARTS) is 1. The summed E-state index contributed by atoms with van der Waals surface area (Å²) in [4.78, 5) is 23.1. The molecule has 0 radical (unpaired) electrons. The fourth-order valence-corrected chi connectivity index (χ4v) is 2.27. The van der Waals surface area contributed by atoms with Crippen LogP contribution < -0.4 is 10.6 Å². The van der Waals surface area contributed by atoms with Crippen LogP contribution in [0, 0.1) is 5.82 Å². The van der Waals surface area contributed by atoms with Gasteiger partial charge >= 0.3 is 12.0 Å². The van der Waals surface area contributed by atoms with Crippen LogP contribution in [0.3, 0.4) is 0 Å². The predicted molar refractivity (Wildman–Crippen MR) is 88.2 cm³/mol. The number of halogens is 1. The molecule has 2 aromatic rings. The molecule has 0 aliphatic heterocycles. The highest BCUT2D eigenvalue weighted by Crippen LogP contribution is 2.06. The number of carbonyl (C=O) groups is 2. The SMILES string of the molecule is O=C(NCCc1ccccc1F)NC(Cc1ccccc1)C(=O)O. The number of nitrogens with one attached hydrogen (secondary N) is 2. The lowest BCUT2D eigenvalue weighted by atomic mass is 10.1. The third-order valence-corrected chi connectivity index (χ3v) is 3.52. The number of hydrogen-bond acceptors (Lipinski definition) is 2. The molecule has 0 fully saturated rings. The first kappa shape index (κ1) is 17.5. The van der Waals surface area contributed by atoms with Crippen LogP contribution in [0.1, 0.15) is 11.1 Å². The molecule has 0 aromatic heterocycles. The van der Waals surface area contributed by atoms with E-state index < -0.39 is 18.0 Å². The summed E-state index contributed by atoms with van der Waals surface area (Å²) in [6.45, 7) is 0.213. The van der Waals surface area contributed by atoms with Gasteiger partial charge in [0.05, 0.1) is 0 Å². The topological polar surface area (TPSA) is 78.4 Å². The van der Waals surface area contributed by atoms with E-state index in [9.17, 15) is 19.1 Å². The molecule has 6 heteroatoms. The maximum atomic E-state index is 13.5. The lowest BCUT2D eigenvalue weighted by Crippen LogP contribution is -2.47. The standard InChI is InChI=1S/C18H19FN2O3/c19-15-9-5-4-8-14(15)10-11-20-18(24)21-16(17(22)23)12-13-6-2-1-3-7-13/h1-9,16H,10-12H2,(H,22,23)(H2,20,21,24). The summed E-state index contributed by atoms with van der Waals surface area (Å²) in [7, 11) is 0. The fraction of sp³-hybridized carbons (Fsp3) is 0.222. The van der Waals surface area contributed by atoms with Gasteiger partial charge in [0.2, 0.25) is 0 Å². The highest BCUT2D eigenvalue weighted by Gasteiger charge is 2.20. The molecule has 3 N–H and O–H groups in total. The Morgan fingerprint density at radius 2 is 1.71 bits per heavy atom. The van der Waals surface area contributed by atoms with Gasteiger partial charge < -0.3 is 15.7 Å². The zero-order valence-corrected chi connectivity index (χ0v) is 13.0. The Kier molecular flexibility index (Phi) is 6.31. The van der Waals surface area contributed by atoms with Crippen molar-refractivity contribution >= 4 is 12.0 Å². The summed E-state index contributed by atoms with van der Waals surface area (Å²) < 4.78 is 13.5. The van der Waals surface area contributed by atoms with Crippen molar-refractivity contribution in [2.45, 2.75) is 18.9 Å². The number of benzene rings is 2. The van der Waals surface area contributed by atoms with Crippen LogP contribution in [0.2, 0.25) is 0 Å². The fourth-order valence-electron chi connectivity index (χ4n) is 2.27. The van der Waals surface area contributed by atoms with Gasteiger partial charge in [0, 0.05) is 13.0 Å². The molecule has 0 aliphatic rings.